The predicted octanol–water partition coefficient (Wildman–Crippen LogP) is 1.48. The number of aliphatic imine (C=N–C) groups is 1. The number of nitrogens with zero attached hydrogens (tertiary/aromatic N) is 2. The summed E-state index contributed by atoms with van der Waals surface area (Å²) in [5.41, 5.74) is -0.833. The van der Waals surface area contributed by atoms with Gasteiger partial charge in [0, 0.05) is 14.1 Å². The maximum absolute atomic E-state index is 13.6. The lowest BCUT2D eigenvalue weighted by atomic mass is 9.94. The summed E-state index contributed by atoms with van der Waals surface area (Å²) in [5.74, 6) is -0.00783. The Balaban J connectivity index is 1.84. The van der Waals surface area contributed by atoms with Crippen LogP contribution in [0.15, 0.2) is 35.3 Å². The number of benzene rings is 1. The molecule has 6 nitrogen and oxygen atoms in total. The topological polar surface area (TPSA) is 74.5 Å². The Labute approximate surface area is 152 Å². The molecule has 10 heteroatoms. The summed E-state index contributed by atoms with van der Waals surface area (Å²) < 4.78 is 51.4. The highest BCUT2D eigenvalue weighted by Gasteiger charge is 2.57. The SMILES string of the molecule is CN(C)C1=N[C@@H]2[C@@H](O)[C@H](O)C([C@@H](Oc3ccccc3)C(F)(F)F)O[C@@H]2S1. The molecule has 0 spiro atoms. The van der Waals surface area contributed by atoms with Crippen molar-refractivity contribution in [3.8, 4) is 5.75 Å². The average molecular weight is 392 g/mol. The fourth-order valence-electron chi connectivity index (χ4n) is 2.81. The fourth-order valence-corrected chi connectivity index (χ4v) is 3.95. The largest absolute Gasteiger partial charge is 0.478 e. The Bertz CT molecular complexity index is 659. The highest BCUT2D eigenvalue weighted by Crippen LogP contribution is 2.41. The number of alkyl halides is 3. The molecule has 0 radical (unpaired) electrons. The van der Waals surface area contributed by atoms with Crippen LogP contribution in [-0.2, 0) is 4.74 Å². The maximum Gasteiger partial charge on any atom is 0.428 e. The van der Waals surface area contributed by atoms with Crippen LogP contribution in [-0.4, -0.2) is 76.4 Å². The number of fused-ring (bicyclic) bond motifs is 1. The number of amidine groups is 1. The van der Waals surface area contributed by atoms with Crippen molar-refractivity contribution in [1.29, 1.82) is 0 Å². The Morgan fingerprint density at radius 3 is 2.42 bits per heavy atom. The zero-order valence-corrected chi connectivity index (χ0v) is 14.8. The summed E-state index contributed by atoms with van der Waals surface area (Å²) in [5, 5.41) is 21.1. The van der Waals surface area contributed by atoms with Gasteiger partial charge in [-0.2, -0.15) is 13.2 Å². The predicted molar refractivity (Wildman–Crippen MR) is 90.1 cm³/mol. The Kier molecular flexibility index (Phi) is 5.38. The number of aliphatic hydroxyl groups excluding tert-OH is 2. The minimum atomic E-state index is -4.80. The molecule has 1 aromatic rings. The molecule has 0 aliphatic carbocycles. The molecule has 0 aromatic heterocycles. The number of hydrogen-bond donors (Lipinski definition) is 2. The van der Waals surface area contributed by atoms with Gasteiger partial charge in [0.05, 0.1) is 0 Å². The fraction of sp³-hybridized carbons (Fsp3) is 0.562. The molecule has 2 heterocycles. The van der Waals surface area contributed by atoms with E-state index in [1.54, 1.807) is 25.1 Å². The summed E-state index contributed by atoms with van der Waals surface area (Å²) in [6, 6.07) is 6.64. The van der Waals surface area contributed by atoms with E-state index in [9.17, 15) is 23.4 Å². The minimum absolute atomic E-state index is 0.00783. The molecule has 3 rings (SSSR count). The summed E-state index contributed by atoms with van der Waals surface area (Å²) in [4.78, 5) is 5.90. The van der Waals surface area contributed by atoms with Crippen molar-refractivity contribution in [3.05, 3.63) is 30.3 Å². The first kappa shape index (κ1) is 19.3. The highest BCUT2D eigenvalue weighted by atomic mass is 32.2. The van der Waals surface area contributed by atoms with Crippen LogP contribution in [0, 0.1) is 0 Å². The number of rotatable bonds is 3. The van der Waals surface area contributed by atoms with Crippen molar-refractivity contribution in [2.75, 3.05) is 14.1 Å². The van der Waals surface area contributed by atoms with E-state index in [0.717, 1.165) is 11.8 Å². The molecular weight excluding hydrogens is 373 g/mol. The normalized spacial score (nSPS) is 32.6. The third-order valence-electron chi connectivity index (χ3n) is 4.10. The molecule has 144 valence electrons. The summed E-state index contributed by atoms with van der Waals surface area (Å²) in [6.07, 6.45) is -12.3. The molecule has 2 aliphatic heterocycles. The van der Waals surface area contributed by atoms with Crippen LogP contribution in [0.1, 0.15) is 0 Å². The van der Waals surface area contributed by atoms with Crippen molar-refractivity contribution in [3.63, 3.8) is 0 Å². The van der Waals surface area contributed by atoms with E-state index < -0.39 is 42.1 Å². The van der Waals surface area contributed by atoms with Crippen LogP contribution >= 0.6 is 11.8 Å². The molecular formula is C16H19F3N2O4S. The van der Waals surface area contributed by atoms with Gasteiger partial charge in [0.2, 0.25) is 6.10 Å². The van der Waals surface area contributed by atoms with Crippen molar-refractivity contribution < 1.29 is 32.9 Å². The van der Waals surface area contributed by atoms with Crippen molar-refractivity contribution >= 4 is 16.9 Å². The van der Waals surface area contributed by atoms with Crippen LogP contribution in [0.2, 0.25) is 0 Å². The Morgan fingerprint density at radius 1 is 1.19 bits per heavy atom. The number of para-hydroxylation sites is 1. The number of aliphatic hydroxyl groups is 2. The summed E-state index contributed by atoms with van der Waals surface area (Å²) >= 11 is 1.11. The zero-order chi connectivity index (χ0) is 19.1. The van der Waals surface area contributed by atoms with Gasteiger partial charge < -0.3 is 24.6 Å². The standard InChI is InChI=1S/C16H19F3N2O4S/c1-21(2)15-20-9-10(22)11(23)12(25-14(9)26-15)13(16(17,18)19)24-8-6-4-3-5-7-8/h3-7,9-14,22-23H,1-2H3/t9-,10-,11+,12?,13-,14-/m1/s1. The van der Waals surface area contributed by atoms with Gasteiger partial charge in [-0.25, -0.2) is 0 Å². The molecule has 0 saturated carbocycles. The van der Waals surface area contributed by atoms with Crippen molar-refractivity contribution in [1.82, 2.24) is 4.90 Å². The molecule has 26 heavy (non-hydrogen) atoms. The highest BCUT2D eigenvalue weighted by molar-refractivity contribution is 8.14. The van der Waals surface area contributed by atoms with E-state index in [1.807, 2.05) is 0 Å². The van der Waals surface area contributed by atoms with Gasteiger partial charge in [-0.3, -0.25) is 4.99 Å². The van der Waals surface area contributed by atoms with Crippen LogP contribution in [0.4, 0.5) is 13.2 Å². The average Bonchev–Trinajstić information content (AvgIpc) is 3.01. The van der Waals surface area contributed by atoms with Gasteiger partial charge in [-0.1, -0.05) is 30.0 Å². The lowest BCUT2D eigenvalue weighted by molar-refractivity contribution is -0.263. The van der Waals surface area contributed by atoms with Gasteiger partial charge in [-0.05, 0) is 12.1 Å². The molecule has 1 fully saturated rings. The molecule has 2 N–H and O–H groups in total. The van der Waals surface area contributed by atoms with Crippen molar-refractivity contribution in [2.45, 2.75) is 42.1 Å². The lowest BCUT2D eigenvalue weighted by Gasteiger charge is -2.41. The Hall–Kier alpha value is -1.49. The van der Waals surface area contributed by atoms with Gasteiger partial charge in [0.25, 0.3) is 0 Å². The van der Waals surface area contributed by atoms with Crippen LogP contribution in [0.5, 0.6) is 5.75 Å². The van der Waals surface area contributed by atoms with Crippen LogP contribution in [0.3, 0.4) is 0 Å². The van der Waals surface area contributed by atoms with Gasteiger partial charge >= 0.3 is 6.18 Å². The first-order chi connectivity index (χ1) is 12.2. The second-order valence-electron chi connectivity index (χ2n) is 6.26. The monoisotopic (exact) mass is 392 g/mol. The van der Waals surface area contributed by atoms with Gasteiger partial charge in [-0.15, -0.1) is 0 Å². The van der Waals surface area contributed by atoms with Crippen LogP contribution < -0.4 is 4.74 Å². The van der Waals surface area contributed by atoms with E-state index in [4.69, 9.17) is 9.47 Å². The molecule has 1 unspecified atom stereocenters. The molecule has 0 amide bonds. The molecule has 0 bridgehead atoms. The second kappa shape index (κ2) is 7.26. The van der Waals surface area contributed by atoms with E-state index >= 15 is 0 Å². The van der Waals surface area contributed by atoms with Crippen molar-refractivity contribution in [2.24, 2.45) is 4.99 Å². The number of thioether (sulfide) groups is 1. The maximum atomic E-state index is 13.6. The lowest BCUT2D eigenvalue weighted by Crippen LogP contribution is -2.62. The van der Waals surface area contributed by atoms with Gasteiger partial charge in [0.1, 0.15) is 35.5 Å². The van der Waals surface area contributed by atoms with E-state index in [0.29, 0.717) is 5.17 Å². The summed E-state index contributed by atoms with van der Waals surface area (Å²) in [7, 11) is 3.45. The third-order valence-corrected chi connectivity index (χ3v) is 5.40. The first-order valence-electron chi connectivity index (χ1n) is 7.90. The second-order valence-corrected chi connectivity index (χ2v) is 7.32. The quantitative estimate of drug-likeness (QED) is 0.812. The van der Waals surface area contributed by atoms with Gasteiger partial charge in [0.15, 0.2) is 5.17 Å². The zero-order valence-electron chi connectivity index (χ0n) is 14.0. The molecule has 6 atom stereocenters. The van der Waals surface area contributed by atoms with E-state index in [1.165, 1.54) is 24.3 Å². The number of hydrogen-bond acceptors (Lipinski definition) is 7. The molecule has 2 aliphatic rings. The molecule has 1 saturated heterocycles. The molecule has 1 aromatic carbocycles. The smallest absolute Gasteiger partial charge is 0.428 e. The summed E-state index contributed by atoms with van der Waals surface area (Å²) in [6.45, 7) is 0. The van der Waals surface area contributed by atoms with E-state index in [2.05, 4.69) is 4.99 Å². The minimum Gasteiger partial charge on any atom is -0.478 e. The number of halogens is 3. The van der Waals surface area contributed by atoms with E-state index in [-0.39, 0.29) is 5.75 Å². The Morgan fingerprint density at radius 2 is 1.85 bits per heavy atom. The number of ether oxygens (including phenoxy) is 2. The third kappa shape index (κ3) is 3.78. The first-order valence-corrected chi connectivity index (χ1v) is 8.78. The van der Waals surface area contributed by atoms with Crippen LogP contribution in [0.25, 0.3) is 0 Å².